The molecule has 0 radical (unpaired) electrons. The molecule has 0 fully saturated rings. The number of nitrogens with zero attached hydrogens (tertiary/aromatic N) is 1. The number of phosphoric ester groups is 1. The molecule has 0 aromatic heterocycles. The monoisotopic (exact) mass is 1230 g/mol. The Balaban J connectivity index is 4.96. The number of likely N-dealkylation sites (N-methyl/N-ethyl adjacent to an activating group) is 1. The molecule has 9 nitrogen and oxygen atoms in total. The van der Waals surface area contributed by atoms with Crippen LogP contribution in [0.15, 0.2) is 48.6 Å². The molecule has 3 unspecified atom stereocenters. The van der Waals surface area contributed by atoms with E-state index in [1.54, 1.807) is 0 Å². The van der Waals surface area contributed by atoms with E-state index in [9.17, 15) is 19.0 Å². The lowest BCUT2D eigenvalue weighted by atomic mass is 10.0. The maximum atomic E-state index is 13.6. The zero-order valence-corrected chi connectivity index (χ0v) is 59.0. The van der Waals surface area contributed by atoms with E-state index in [4.69, 9.17) is 13.8 Å². The molecular weight excluding hydrogens is 1080 g/mol. The van der Waals surface area contributed by atoms with Crippen LogP contribution in [0.5, 0.6) is 0 Å². The number of hydrogen-bond donors (Lipinski definition) is 2. The highest BCUT2D eigenvalue weighted by Gasteiger charge is 2.30. The number of carbonyl (C=O) groups is 2. The Labute approximate surface area is 535 Å². The number of carbonyl (C=O) groups excluding carboxylic acids is 2. The van der Waals surface area contributed by atoms with E-state index in [1.807, 2.05) is 33.3 Å². The fourth-order valence-corrected chi connectivity index (χ4v) is 11.9. The molecule has 0 aromatic rings. The van der Waals surface area contributed by atoms with Crippen molar-refractivity contribution < 1.29 is 37.3 Å². The van der Waals surface area contributed by atoms with Crippen LogP contribution >= 0.6 is 7.82 Å². The Morgan fingerprint density at radius 2 is 0.709 bits per heavy atom. The molecule has 0 aliphatic heterocycles. The van der Waals surface area contributed by atoms with Gasteiger partial charge in [0, 0.05) is 12.8 Å². The molecule has 3 atom stereocenters. The first-order valence-electron chi connectivity index (χ1n) is 37.5. The predicted molar refractivity (Wildman–Crippen MR) is 374 cm³/mol. The second kappa shape index (κ2) is 65.9. The molecule has 1 amide bonds. The lowest BCUT2D eigenvalue weighted by Crippen LogP contribution is -2.47. The van der Waals surface area contributed by atoms with Crippen molar-refractivity contribution in [1.82, 2.24) is 5.32 Å². The van der Waals surface area contributed by atoms with Gasteiger partial charge in [-0.2, -0.15) is 0 Å². The molecule has 0 aliphatic carbocycles. The third kappa shape index (κ3) is 66.4. The minimum absolute atomic E-state index is 0.0416. The van der Waals surface area contributed by atoms with Gasteiger partial charge in [0.05, 0.1) is 33.8 Å². The summed E-state index contributed by atoms with van der Waals surface area (Å²) < 4.78 is 30.9. The number of allylic oxidation sites excluding steroid dienone is 7. The fourth-order valence-electron chi connectivity index (χ4n) is 11.2. The van der Waals surface area contributed by atoms with E-state index in [2.05, 4.69) is 62.5 Å². The normalized spacial score (nSPS) is 13.7. The van der Waals surface area contributed by atoms with E-state index in [0.717, 1.165) is 64.2 Å². The second-order valence-corrected chi connectivity index (χ2v) is 28.3. The highest BCUT2D eigenvalue weighted by atomic mass is 31.2. The predicted octanol–water partition coefficient (Wildman–Crippen LogP) is 24.0. The molecule has 0 saturated heterocycles. The lowest BCUT2D eigenvalue weighted by Gasteiger charge is -2.27. The van der Waals surface area contributed by atoms with Gasteiger partial charge in [0.15, 0.2) is 0 Å². The number of ether oxygens (including phenoxy) is 1. The smallest absolute Gasteiger partial charge is 0.456 e. The lowest BCUT2D eigenvalue weighted by molar-refractivity contribution is -0.870. The molecule has 0 bridgehead atoms. The summed E-state index contributed by atoms with van der Waals surface area (Å²) in [4.78, 5) is 37.9. The molecular formula is C76H146N2O7P+. The number of nitrogens with one attached hydrogen (secondary N) is 1. The molecule has 0 aromatic carbocycles. The highest BCUT2D eigenvalue weighted by Crippen LogP contribution is 2.43. The van der Waals surface area contributed by atoms with Crippen molar-refractivity contribution in [2.45, 2.75) is 386 Å². The Kier molecular flexibility index (Phi) is 64.4. The van der Waals surface area contributed by atoms with Gasteiger partial charge in [-0.15, -0.1) is 0 Å². The SMILES string of the molecule is CCCCC/C=C\C/C=C\CCCCCCCCCCCCCC(=O)NC(COP(=O)(O)OCC[N+](C)(C)C)C(/C=C\CCCCCCCCCCCC)OC(=O)CCCCCCCCCCCCCCCCCCC/C=C/CCCCCCCC. The van der Waals surface area contributed by atoms with Crippen molar-refractivity contribution in [1.29, 1.82) is 0 Å². The van der Waals surface area contributed by atoms with E-state index in [0.29, 0.717) is 23.9 Å². The summed E-state index contributed by atoms with van der Waals surface area (Å²) in [6, 6.07) is -0.848. The second-order valence-electron chi connectivity index (χ2n) is 26.8. The zero-order chi connectivity index (χ0) is 62.8. The van der Waals surface area contributed by atoms with Crippen molar-refractivity contribution in [3.63, 3.8) is 0 Å². The van der Waals surface area contributed by atoms with Gasteiger partial charge in [-0.05, 0) is 89.5 Å². The van der Waals surface area contributed by atoms with E-state index < -0.39 is 20.0 Å². The number of quaternary nitrogens is 1. The molecule has 2 N–H and O–H groups in total. The number of hydrogen-bond acceptors (Lipinski definition) is 6. The third-order valence-corrected chi connectivity index (χ3v) is 18.0. The van der Waals surface area contributed by atoms with Gasteiger partial charge in [-0.3, -0.25) is 18.6 Å². The largest absolute Gasteiger partial charge is 0.472 e. The molecule has 10 heteroatoms. The van der Waals surface area contributed by atoms with Crippen molar-refractivity contribution in [2.75, 3.05) is 40.9 Å². The highest BCUT2D eigenvalue weighted by molar-refractivity contribution is 7.47. The molecule has 0 saturated carbocycles. The zero-order valence-electron chi connectivity index (χ0n) is 58.1. The van der Waals surface area contributed by atoms with Crippen LogP contribution < -0.4 is 5.32 Å². The van der Waals surface area contributed by atoms with Crippen LogP contribution in [0.3, 0.4) is 0 Å². The average molecular weight is 1230 g/mol. The third-order valence-electron chi connectivity index (χ3n) is 17.0. The molecule has 0 aliphatic rings. The number of esters is 1. The summed E-state index contributed by atoms with van der Waals surface area (Å²) >= 11 is 0. The first-order chi connectivity index (χ1) is 41.9. The van der Waals surface area contributed by atoms with Gasteiger partial charge in [-0.1, -0.05) is 320 Å². The van der Waals surface area contributed by atoms with Crippen LogP contribution in [0.2, 0.25) is 0 Å². The molecule has 506 valence electrons. The molecule has 86 heavy (non-hydrogen) atoms. The Morgan fingerprint density at radius 1 is 0.407 bits per heavy atom. The maximum absolute atomic E-state index is 13.6. The van der Waals surface area contributed by atoms with Crippen molar-refractivity contribution >= 4 is 19.7 Å². The number of unbranched alkanes of at least 4 members (excludes halogenated alkanes) is 47. The summed E-state index contributed by atoms with van der Waals surface area (Å²) in [6.07, 6.45) is 84.2. The van der Waals surface area contributed by atoms with Crippen LogP contribution in [-0.2, 0) is 27.9 Å². The van der Waals surface area contributed by atoms with Gasteiger partial charge >= 0.3 is 13.8 Å². The molecule has 0 rings (SSSR count). The van der Waals surface area contributed by atoms with Gasteiger partial charge in [-0.25, -0.2) is 4.57 Å². The Hall–Kier alpha value is -2.03. The topological polar surface area (TPSA) is 111 Å². The fraction of sp³-hybridized carbons (Fsp3) is 0.868. The summed E-state index contributed by atoms with van der Waals surface area (Å²) in [5, 5.41) is 3.08. The summed E-state index contributed by atoms with van der Waals surface area (Å²) in [7, 11) is 1.51. The minimum atomic E-state index is -4.45. The van der Waals surface area contributed by atoms with Gasteiger partial charge < -0.3 is 19.4 Å². The van der Waals surface area contributed by atoms with Crippen molar-refractivity contribution in [3.8, 4) is 0 Å². The summed E-state index contributed by atoms with van der Waals surface area (Å²) in [5.74, 6) is -0.489. The van der Waals surface area contributed by atoms with Crippen LogP contribution in [0.4, 0.5) is 0 Å². The molecule has 0 heterocycles. The Morgan fingerprint density at radius 3 is 1.08 bits per heavy atom. The maximum Gasteiger partial charge on any atom is 0.472 e. The first kappa shape index (κ1) is 84.0. The molecule has 0 spiro atoms. The van der Waals surface area contributed by atoms with Crippen molar-refractivity contribution in [3.05, 3.63) is 48.6 Å². The van der Waals surface area contributed by atoms with Gasteiger partial charge in [0.2, 0.25) is 5.91 Å². The van der Waals surface area contributed by atoms with E-state index >= 15 is 0 Å². The van der Waals surface area contributed by atoms with Crippen LogP contribution in [0.1, 0.15) is 374 Å². The quantitative estimate of drug-likeness (QED) is 0.0205. The average Bonchev–Trinajstić information content (AvgIpc) is 3.66. The summed E-state index contributed by atoms with van der Waals surface area (Å²) in [6.45, 7) is 7.04. The van der Waals surface area contributed by atoms with Gasteiger partial charge in [0.25, 0.3) is 0 Å². The number of rotatable bonds is 69. The van der Waals surface area contributed by atoms with Gasteiger partial charge in [0.1, 0.15) is 19.3 Å². The van der Waals surface area contributed by atoms with E-state index in [-0.39, 0.29) is 25.1 Å². The number of amides is 1. The van der Waals surface area contributed by atoms with Crippen LogP contribution in [0.25, 0.3) is 0 Å². The van der Waals surface area contributed by atoms with Crippen LogP contribution in [-0.4, -0.2) is 74.3 Å². The Bertz CT molecular complexity index is 1610. The van der Waals surface area contributed by atoms with Crippen LogP contribution in [0, 0.1) is 0 Å². The van der Waals surface area contributed by atoms with E-state index in [1.165, 1.54) is 276 Å². The summed E-state index contributed by atoms with van der Waals surface area (Å²) in [5.41, 5.74) is 0. The first-order valence-corrected chi connectivity index (χ1v) is 39.0. The number of phosphoric acid groups is 1. The standard InChI is InChI=1S/C76H145N2O7P/c1-7-10-13-16-19-22-25-28-30-32-34-36-37-38-39-40-41-43-45-47-49-51-54-57-60-63-66-69-76(80)85-74(67-64-61-58-55-52-27-24-21-18-15-12-9-3)73(72-84-86(81,82)83-71-70-78(4,5)6)77-75(79)68-65-62-59-56-53-50-48-46-44-42-35-33-31-29-26-23-20-17-14-11-8-2/h20,23,28-31,64,67,73-74H,7-19,21-22,24-27,32-63,65-66,68-72H2,1-6H3,(H-,77,79,81,82)/p+1/b23-20-,30-28+,31-29-,67-64-. The minimum Gasteiger partial charge on any atom is -0.456 e. The van der Waals surface area contributed by atoms with Crippen molar-refractivity contribution in [2.24, 2.45) is 0 Å².